The first-order valence-corrected chi connectivity index (χ1v) is 11.1. The summed E-state index contributed by atoms with van der Waals surface area (Å²) in [5.74, 6) is 0.259. The fourth-order valence-electron chi connectivity index (χ4n) is 3.97. The Hall–Kier alpha value is -4.33. The van der Waals surface area contributed by atoms with Gasteiger partial charge in [0.25, 0.3) is 0 Å². The molecule has 2 amide bonds. The van der Waals surface area contributed by atoms with Crippen LogP contribution in [0.1, 0.15) is 28.8 Å². The number of hydrogen-bond acceptors (Lipinski definition) is 5. The zero-order chi connectivity index (χ0) is 23.5. The van der Waals surface area contributed by atoms with Gasteiger partial charge in [0.15, 0.2) is 5.78 Å². The second-order valence-electron chi connectivity index (χ2n) is 8.12. The first-order valence-electron chi connectivity index (χ1n) is 11.1. The van der Waals surface area contributed by atoms with E-state index in [-0.39, 0.29) is 11.6 Å². The van der Waals surface area contributed by atoms with Gasteiger partial charge in [-0.25, -0.2) is 14.2 Å². The number of carbonyl (C=O) groups is 2. The van der Waals surface area contributed by atoms with E-state index in [0.717, 1.165) is 37.3 Å². The van der Waals surface area contributed by atoms with Crippen molar-refractivity contribution >= 4 is 40.0 Å². The number of nitrogens with zero attached hydrogens (tertiary/aromatic N) is 3. The molecule has 1 aromatic heterocycles. The molecule has 1 fully saturated rings. The molecule has 0 bridgehead atoms. The molecule has 0 aliphatic carbocycles. The van der Waals surface area contributed by atoms with E-state index in [1.165, 1.54) is 24.3 Å². The van der Waals surface area contributed by atoms with Gasteiger partial charge in [-0.15, -0.1) is 0 Å². The molecule has 7 nitrogen and oxygen atoms in total. The molecule has 0 saturated carbocycles. The topological polar surface area (TPSA) is 87.2 Å². The fourth-order valence-corrected chi connectivity index (χ4v) is 3.97. The molecule has 3 aromatic carbocycles. The molecule has 4 aromatic rings. The van der Waals surface area contributed by atoms with Gasteiger partial charge in [0, 0.05) is 35.6 Å². The third kappa shape index (κ3) is 4.71. The van der Waals surface area contributed by atoms with Gasteiger partial charge in [0.05, 0.1) is 17.2 Å². The highest BCUT2D eigenvalue weighted by atomic mass is 19.1. The third-order valence-corrected chi connectivity index (χ3v) is 5.71. The van der Waals surface area contributed by atoms with Crippen LogP contribution in [0.3, 0.4) is 0 Å². The molecule has 34 heavy (non-hydrogen) atoms. The van der Waals surface area contributed by atoms with Crippen LogP contribution in [0.15, 0.2) is 72.9 Å². The second-order valence-corrected chi connectivity index (χ2v) is 8.12. The normalized spacial score (nSPS) is 13.1. The Bertz CT molecular complexity index is 1370. The second kappa shape index (κ2) is 9.27. The van der Waals surface area contributed by atoms with E-state index in [0.29, 0.717) is 28.0 Å². The highest BCUT2D eigenvalue weighted by molar-refractivity contribution is 6.11. The number of fused-ring (bicyclic) bond motifs is 1. The summed E-state index contributed by atoms with van der Waals surface area (Å²) in [5.41, 5.74) is 3.24. The Kier molecular flexibility index (Phi) is 5.86. The summed E-state index contributed by atoms with van der Waals surface area (Å²) >= 11 is 0. The lowest BCUT2D eigenvalue weighted by Crippen LogP contribution is -2.19. The molecular formula is C26H22FN5O2. The number of amides is 2. The number of urea groups is 1. The number of aromatic nitrogens is 2. The van der Waals surface area contributed by atoms with Gasteiger partial charge < -0.3 is 15.5 Å². The molecule has 0 unspecified atom stereocenters. The predicted molar refractivity (Wildman–Crippen MR) is 130 cm³/mol. The van der Waals surface area contributed by atoms with Crippen molar-refractivity contribution in [3.8, 4) is 0 Å². The first kappa shape index (κ1) is 21.5. The Morgan fingerprint density at radius 1 is 0.824 bits per heavy atom. The quantitative estimate of drug-likeness (QED) is 0.402. The summed E-state index contributed by atoms with van der Waals surface area (Å²) in [6.45, 7) is 1.93. The Morgan fingerprint density at radius 2 is 1.56 bits per heavy atom. The molecule has 5 rings (SSSR count). The van der Waals surface area contributed by atoms with Gasteiger partial charge >= 0.3 is 6.03 Å². The number of rotatable bonds is 5. The highest BCUT2D eigenvalue weighted by Crippen LogP contribution is 2.22. The number of anilines is 3. The van der Waals surface area contributed by atoms with Crippen LogP contribution >= 0.6 is 0 Å². The fraction of sp³-hybridized carbons (Fsp3) is 0.154. The lowest BCUT2D eigenvalue weighted by molar-refractivity contribution is 0.103. The van der Waals surface area contributed by atoms with Gasteiger partial charge in [0.1, 0.15) is 11.6 Å². The zero-order valence-electron chi connectivity index (χ0n) is 18.3. The molecule has 2 heterocycles. The molecule has 1 aliphatic heterocycles. The standard InChI is InChI=1S/C26H22FN5O2/c27-19-7-9-20(10-8-19)29-26(34)30-21-5-3-4-17(14-21)25(33)18-6-11-22-23(15-18)31-24(16-28-22)32-12-1-2-13-32/h3-11,14-16H,1-2,12-13H2,(H2,29,30,34). The van der Waals surface area contributed by atoms with Crippen molar-refractivity contribution in [1.29, 1.82) is 0 Å². The first-order chi connectivity index (χ1) is 16.5. The highest BCUT2D eigenvalue weighted by Gasteiger charge is 2.16. The van der Waals surface area contributed by atoms with Gasteiger partial charge in [0.2, 0.25) is 0 Å². The van der Waals surface area contributed by atoms with Crippen LogP contribution < -0.4 is 15.5 Å². The van der Waals surface area contributed by atoms with Gasteiger partial charge in [-0.3, -0.25) is 9.78 Å². The minimum atomic E-state index is -0.494. The van der Waals surface area contributed by atoms with E-state index in [1.807, 2.05) is 0 Å². The number of hydrogen-bond donors (Lipinski definition) is 2. The maximum absolute atomic E-state index is 13.2. The molecule has 0 radical (unpaired) electrons. The molecule has 0 atom stereocenters. The molecule has 8 heteroatoms. The molecule has 170 valence electrons. The average molecular weight is 455 g/mol. The van der Waals surface area contributed by atoms with E-state index in [4.69, 9.17) is 4.98 Å². The number of benzene rings is 3. The van der Waals surface area contributed by atoms with E-state index < -0.39 is 6.03 Å². The maximum atomic E-state index is 13.2. The Labute approximate surface area is 195 Å². The van der Waals surface area contributed by atoms with E-state index >= 15 is 0 Å². The van der Waals surface area contributed by atoms with Crippen molar-refractivity contribution in [2.75, 3.05) is 28.6 Å². The maximum Gasteiger partial charge on any atom is 0.323 e. The average Bonchev–Trinajstić information content (AvgIpc) is 3.39. The van der Waals surface area contributed by atoms with Gasteiger partial charge in [-0.05, 0) is 67.4 Å². The van der Waals surface area contributed by atoms with E-state index in [2.05, 4.69) is 20.5 Å². The molecule has 1 aliphatic rings. The molecule has 2 N–H and O–H groups in total. The van der Waals surface area contributed by atoms with Crippen LogP contribution in [0.5, 0.6) is 0 Å². The SMILES string of the molecule is O=C(Nc1ccc(F)cc1)Nc1cccc(C(=O)c2ccc3ncc(N4CCCC4)nc3c2)c1. The van der Waals surface area contributed by atoms with Crippen LogP contribution in [0.25, 0.3) is 11.0 Å². The minimum Gasteiger partial charge on any atom is -0.355 e. The largest absolute Gasteiger partial charge is 0.355 e. The minimum absolute atomic E-state index is 0.183. The Balaban J connectivity index is 1.33. The molecule has 1 saturated heterocycles. The Morgan fingerprint density at radius 3 is 2.35 bits per heavy atom. The van der Waals surface area contributed by atoms with Crippen LogP contribution in [0, 0.1) is 5.82 Å². The van der Waals surface area contributed by atoms with Crippen molar-refractivity contribution in [2.24, 2.45) is 0 Å². The van der Waals surface area contributed by atoms with Crippen LogP contribution in [-0.2, 0) is 0 Å². The summed E-state index contributed by atoms with van der Waals surface area (Å²) < 4.78 is 13.0. The van der Waals surface area contributed by atoms with Crippen molar-refractivity contribution in [1.82, 2.24) is 9.97 Å². The number of ketones is 1. The summed E-state index contributed by atoms with van der Waals surface area (Å²) in [6, 6.07) is 16.9. The van der Waals surface area contributed by atoms with Gasteiger partial charge in [-0.1, -0.05) is 12.1 Å². The van der Waals surface area contributed by atoms with Crippen molar-refractivity contribution < 1.29 is 14.0 Å². The lowest BCUT2D eigenvalue weighted by Gasteiger charge is -2.16. The summed E-state index contributed by atoms with van der Waals surface area (Å²) in [6.07, 6.45) is 4.07. The third-order valence-electron chi connectivity index (χ3n) is 5.71. The van der Waals surface area contributed by atoms with Crippen molar-refractivity contribution in [3.05, 3.63) is 89.9 Å². The van der Waals surface area contributed by atoms with E-state index in [9.17, 15) is 14.0 Å². The lowest BCUT2D eigenvalue weighted by atomic mass is 10.0. The van der Waals surface area contributed by atoms with Gasteiger partial charge in [-0.2, -0.15) is 0 Å². The number of carbonyl (C=O) groups excluding carboxylic acids is 2. The van der Waals surface area contributed by atoms with Crippen molar-refractivity contribution in [2.45, 2.75) is 12.8 Å². The number of halogens is 1. The summed E-state index contributed by atoms with van der Waals surface area (Å²) in [4.78, 5) is 36.9. The predicted octanol–water partition coefficient (Wildman–Crippen LogP) is 5.24. The zero-order valence-corrected chi connectivity index (χ0v) is 18.3. The van der Waals surface area contributed by atoms with Crippen molar-refractivity contribution in [3.63, 3.8) is 0 Å². The monoisotopic (exact) mass is 455 g/mol. The smallest absolute Gasteiger partial charge is 0.323 e. The molecular weight excluding hydrogens is 433 g/mol. The van der Waals surface area contributed by atoms with Crippen LogP contribution in [0.4, 0.5) is 26.4 Å². The molecule has 0 spiro atoms. The number of nitrogens with one attached hydrogen (secondary N) is 2. The summed E-state index contributed by atoms with van der Waals surface area (Å²) in [5, 5.41) is 5.32. The van der Waals surface area contributed by atoms with E-state index in [1.54, 1.807) is 48.7 Å². The van der Waals surface area contributed by atoms with Crippen LogP contribution in [0.2, 0.25) is 0 Å². The summed E-state index contributed by atoms with van der Waals surface area (Å²) in [7, 11) is 0. The van der Waals surface area contributed by atoms with Crippen LogP contribution in [-0.4, -0.2) is 34.9 Å².